The number of benzene rings is 4. The summed E-state index contributed by atoms with van der Waals surface area (Å²) in [5, 5.41) is 4.60. The van der Waals surface area contributed by atoms with E-state index in [0.717, 1.165) is 66.4 Å². The summed E-state index contributed by atoms with van der Waals surface area (Å²) in [6.45, 7) is 0. The summed E-state index contributed by atoms with van der Waals surface area (Å²) in [4.78, 5) is 18.8. The number of nitrogens with zero attached hydrogens (tertiary/aromatic N) is 4. The summed E-state index contributed by atoms with van der Waals surface area (Å²) in [5.74, 6) is 0. The first-order valence-electron chi connectivity index (χ1n) is 13.2. The van der Waals surface area contributed by atoms with Crippen LogP contribution in [0.15, 0.2) is 146 Å². The number of hydrogen-bond acceptors (Lipinski definition) is 4. The average molecular weight is 576 g/mol. The fourth-order valence-electron chi connectivity index (χ4n) is 4.83. The van der Waals surface area contributed by atoms with E-state index < -0.39 is 0 Å². The van der Waals surface area contributed by atoms with Gasteiger partial charge in [0.1, 0.15) is 0 Å². The molecule has 1 radical (unpaired) electrons. The van der Waals surface area contributed by atoms with E-state index in [2.05, 4.69) is 68.5 Å². The molecule has 0 bridgehead atoms. The van der Waals surface area contributed by atoms with E-state index in [1.165, 1.54) is 0 Å². The Balaban J connectivity index is 0.000000144. The van der Waals surface area contributed by atoms with Crippen LogP contribution in [0.1, 0.15) is 0 Å². The molecule has 197 valence electrons. The van der Waals surface area contributed by atoms with Crippen LogP contribution in [-0.4, -0.2) is 19.9 Å². The van der Waals surface area contributed by atoms with Gasteiger partial charge in [0.2, 0.25) is 0 Å². The molecule has 0 atom stereocenters. The molecule has 0 saturated heterocycles. The predicted octanol–water partition coefficient (Wildman–Crippen LogP) is 8.90. The Morgan fingerprint density at radius 1 is 0.244 bits per heavy atom. The molecule has 41 heavy (non-hydrogen) atoms. The summed E-state index contributed by atoms with van der Waals surface area (Å²) in [5.41, 5.74) is 7.65. The Morgan fingerprint density at radius 2 is 0.463 bits per heavy atom. The van der Waals surface area contributed by atoms with E-state index in [4.69, 9.17) is 0 Å². The molecular formula is C36H24CuN4+2. The van der Waals surface area contributed by atoms with Crippen molar-refractivity contribution in [2.45, 2.75) is 0 Å². The van der Waals surface area contributed by atoms with Crippen LogP contribution >= 0.6 is 0 Å². The van der Waals surface area contributed by atoms with Crippen LogP contribution in [0.25, 0.3) is 66.4 Å². The molecule has 4 aromatic carbocycles. The first-order valence-corrected chi connectivity index (χ1v) is 13.2. The molecule has 0 unspecified atom stereocenters. The van der Waals surface area contributed by atoms with Crippen LogP contribution in [0.5, 0.6) is 0 Å². The third-order valence-electron chi connectivity index (χ3n) is 6.92. The number of aromatic nitrogens is 4. The molecule has 0 spiro atoms. The van der Waals surface area contributed by atoms with Gasteiger partial charge in [0.15, 0.2) is 0 Å². The standard InChI is InChI=1S/2C18H12N2.Cu/c2*1-3-7-15-13(5-1)9-11-17(19-15)18-12-10-14-6-2-4-8-16(14)20-18;/h2*1-12H;/q;;+2. The molecule has 4 heterocycles. The fourth-order valence-corrected chi connectivity index (χ4v) is 4.83. The minimum absolute atomic E-state index is 0. The number of para-hydroxylation sites is 4. The van der Waals surface area contributed by atoms with Gasteiger partial charge in [0, 0.05) is 21.5 Å². The van der Waals surface area contributed by atoms with Crippen molar-refractivity contribution >= 4 is 43.6 Å². The Bertz CT molecular complexity index is 1830. The van der Waals surface area contributed by atoms with Crippen molar-refractivity contribution < 1.29 is 17.1 Å². The Labute approximate surface area is 248 Å². The number of hydrogen-bond donors (Lipinski definition) is 0. The van der Waals surface area contributed by atoms with Crippen molar-refractivity contribution in [3.63, 3.8) is 0 Å². The quantitative estimate of drug-likeness (QED) is 0.193. The van der Waals surface area contributed by atoms with Crippen LogP contribution in [0.3, 0.4) is 0 Å². The van der Waals surface area contributed by atoms with Gasteiger partial charge in [-0.05, 0) is 48.5 Å². The molecule has 8 rings (SSSR count). The molecule has 0 aliphatic carbocycles. The topological polar surface area (TPSA) is 51.6 Å². The van der Waals surface area contributed by atoms with Gasteiger partial charge >= 0.3 is 17.1 Å². The van der Waals surface area contributed by atoms with Crippen molar-refractivity contribution in [3.8, 4) is 22.8 Å². The minimum atomic E-state index is 0. The van der Waals surface area contributed by atoms with Gasteiger partial charge < -0.3 is 0 Å². The van der Waals surface area contributed by atoms with Crippen LogP contribution in [-0.2, 0) is 17.1 Å². The Kier molecular flexibility index (Phi) is 7.46. The summed E-state index contributed by atoms with van der Waals surface area (Å²) in [6, 6.07) is 49.0. The first kappa shape index (κ1) is 26.3. The maximum Gasteiger partial charge on any atom is 2.00 e. The molecule has 0 aliphatic heterocycles. The van der Waals surface area contributed by atoms with Crippen LogP contribution in [0, 0.1) is 0 Å². The van der Waals surface area contributed by atoms with Gasteiger partial charge in [-0.3, -0.25) is 0 Å². The smallest absolute Gasteiger partial charge is 0.246 e. The van der Waals surface area contributed by atoms with E-state index in [-0.39, 0.29) is 17.1 Å². The number of pyridine rings is 4. The average Bonchev–Trinajstić information content (AvgIpc) is 3.04. The van der Waals surface area contributed by atoms with E-state index >= 15 is 0 Å². The second kappa shape index (κ2) is 11.6. The van der Waals surface area contributed by atoms with Gasteiger partial charge in [-0.1, -0.05) is 97.1 Å². The summed E-state index contributed by atoms with van der Waals surface area (Å²) in [6.07, 6.45) is 0. The van der Waals surface area contributed by atoms with Crippen molar-refractivity contribution in [1.29, 1.82) is 0 Å². The van der Waals surface area contributed by atoms with E-state index in [1.807, 2.05) is 97.1 Å². The molecule has 4 aromatic heterocycles. The largest absolute Gasteiger partial charge is 2.00 e. The minimum Gasteiger partial charge on any atom is -0.246 e. The summed E-state index contributed by atoms with van der Waals surface area (Å²) in [7, 11) is 0. The zero-order chi connectivity index (χ0) is 26.7. The maximum atomic E-state index is 4.69. The number of rotatable bonds is 2. The molecule has 0 saturated carbocycles. The molecule has 5 heteroatoms. The monoisotopic (exact) mass is 575 g/mol. The van der Waals surface area contributed by atoms with Crippen molar-refractivity contribution in [1.82, 2.24) is 19.9 Å². The Morgan fingerprint density at radius 3 is 0.707 bits per heavy atom. The summed E-state index contributed by atoms with van der Waals surface area (Å²) >= 11 is 0. The van der Waals surface area contributed by atoms with Crippen molar-refractivity contribution in [2.75, 3.05) is 0 Å². The van der Waals surface area contributed by atoms with Crippen molar-refractivity contribution in [2.24, 2.45) is 0 Å². The molecule has 0 N–H and O–H groups in total. The zero-order valence-electron chi connectivity index (χ0n) is 21.9. The van der Waals surface area contributed by atoms with Crippen LogP contribution < -0.4 is 0 Å². The Hall–Kier alpha value is -4.96. The normalized spacial score (nSPS) is 10.7. The van der Waals surface area contributed by atoms with Crippen molar-refractivity contribution in [3.05, 3.63) is 146 Å². The molecule has 8 aromatic rings. The summed E-state index contributed by atoms with van der Waals surface area (Å²) < 4.78 is 0. The predicted molar refractivity (Wildman–Crippen MR) is 165 cm³/mol. The molecular weight excluding hydrogens is 552 g/mol. The fraction of sp³-hybridized carbons (Fsp3) is 0. The SMILES string of the molecule is [Cu+2].c1ccc2nc(-c3ccc4ccccc4n3)ccc2c1.c1ccc2nc(-c3ccc4ccccc4n3)ccc2c1. The van der Waals surface area contributed by atoms with Gasteiger partial charge in [0.05, 0.1) is 44.8 Å². The molecule has 0 aliphatic rings. The third-order valence-corrected chi connectivity index (χ3v) is 6.92. The van der Waals surface area contributed by atoms with Gasteiger partial charge in [-0.2, -0.15) is 0 Å². The first-order chi connectivity index (χ1) is 19.8. The zero-order valence-corrected chi connectivity index (χ0v) is 22.9. The third kappa shape index (κ3) is 5.55. The van der Waals surface area contributed by atoms with Crippen LogP contribution in [0.4, 0.5) is 0 Å². The molecule has 4 nitrogen and oxygen atoms in total. The van der Waals surface area contributed by atoms with Crippen LogP contribution in [0.2, 0.25) is 0 Å². The van der Waals surface area contributed by atoms with E-state index in [1.54, 1.807) is 0 Å². The van der Waals surface area contributed by atoms with Gasteiger partial charge in [-0.25, -0.2) is 19.9 Å². The second-order valence-electron chi connectivity index (χ2n) is 9.56. The molecule has 0 fully saturated rings. The molecule has 0 amide bonds. The van der Waals surface area contributed by atoms with Gasteiger partial charge in [-0.15, -0.1) is 0 Å². The maximum absolute atomic E-state index is 4.69. The van der Waals surface area contributed by atoms with E-state index in [0.29, 0.717) is 0 Å². The second-order valence-corrected chi connectivity index (χ2v) is 9.56. The van der Waals surface area contributed by atoms with Gasteiger partial charge in [0.25, 0.3) is 0 Å². The number of fused-ring (bicyclic) bond motifs is 4. The van der Waals surface area contributed by atoms with E-state index in [9.17, 15) is 0 Å².